The van der Waals surface area contributed by atoms with Crippen LogP contribution in [0.25, 0.3) is 67.5 Å². The lowest BCUT2D eigenvalue weighted by Crippen LogP contribution is -2.06. The second-order valence-corrected chi connectivity index (χ2v) is 31.4. The summed E-state index contributed by atoms with van der Waals surface area (Å²) >= 11 is 0. The molecule has 0 spiro atoms. The highest BCUT2D eigenvalue weighted by atomic mass is 19.4. The number of carbonyl (C=O) groups is 6. The molecule has 750 valence electrons. The lowest BCUT2D eigenvalue weighted by atomic mass is 10.0. The summed E-state index contributed by atoms with van der Waals surface area (Å²) in [7, 11) is 4.81. The highest BCUT2D eigenvalue weighted by molar-refractivity contribution is 5.92. The van der Waals surface area contributed by atoms with Crippen LogP contribution in [0.4, 0.5) is 30.7 Å². The van der Waals surface area contributed by atoms with Crippen molar-refractivity contribution in [3.63, 3.8) is 0 Å². The number of ether oxygens (including phenoxy) is 9. The fraction of sp³-hybridized carbons (Fsp3) is 0.159. The summed E-state index contributed by atoms with van der Waals surface area (Å²) in [5.74, 6) is 1.01. The number of para-hydroxylation sites is 1. The number of rotatable bonds is 27. The quantitative estimate of drug-likeness (QED) is 0.0262. The first-order chi connectivity index (χ1) is 70.8. The molecule has 0 amide bonds. The van der Waals surface area contributed by atoms with Gasteiger partial charge in [-0.15, -0.1) is 0 Å². The Morgan fingerprint density at radius 3 is 0.844 bits per heavy atom. The van der Waals surface area contributed by atoms with Crippen LogP contribution in [0.15, 0.2) is 319 Å². The van der Waals surface area contributed by atoms with Crippen molar-refractivity contribution in [1.29, 1.82) is 0 Å². The first-order valence-electron chi connectivity index (χ1n) is 44.1. The molecule has 0 fully saturated rings. The summed E-state index contributed by atoms with van der Waals surface area (Å²) in [5, 5.41) is 23.3. The number of methoxy groups -OCH3 is 3. The van der Waals surface area contributed by atoms with E-state index in [0.29, 0.717) is 90.6 Å². The Morgan fingerprint density at radius 2 is 0.544 bits per heavy atom. The van der Waals surface area contributed by atoms with Crippen molar-refractivity contribution >= 4 is 35.8 Å². The van der Waals surface area contributed by atoms with Crippen LogP contribution in [0.3, 0.4) is 0 Å². The number of benzene rings is 6. The zero-order valence-electron chi connectivity index (χ0n) is 79.5. The molecule has 0 aliphatic rings. The highest BCUT2D eigenvalue weighted by Crippen LogP contribution is 2.38. The van der Waals surface area contributed by atoms with Gasteiger partial charge in [-0.25, -0.2) is 33.2 Å². The molecule has 33 nitrogen and oxygen atoms in total. The minimum absolute atomic E-state index is 0.00365. The van der Waals surface area contributed by atoms with Gasteiger partial charge in [-0.05, 0) is 205 Å². The van der Waals surface area contributed by atoms with Crippen molar-refractivity contribution in [3.8, 4) is 84.8 Å². The molecule has 18 aromatic rings. The maximum Gasteiger partial charge on any atom is 0.417 e. The van der Waals surface area contributed by atoms with Crippen LogP contribution in [0.5, 0.6) is 17.2 Å². The molecule has 0 saturated heterocycles. The summed E-state index contributed by atoms with van der Waals surface area (Å²) < 4.78 is 167. The Kier molecular flexibility index (Phi) is 36.3. The maximum atomic E-state index is 13.1. The molecular formula is C107H87F7N12O21. The van der Waals surface area contributed by atoms with E-state index in [9.17, 15) is 59.5 Å². The standard InChI is InChI=1S/2C18H13F3N2O3.3C18H16N2O4.C17H13FN2O3/c1-11-2-3-13(9-22-11)17(24)25-10-15-8-16(23-26-15)12-4-6-14(7-5-12)18(19,20)21;1-11-6-7-12(9-22-11)17(24)25-10-13-8-16(23-26-13)14-4-2-3-5-15(14)18(19,20)21;1-12-3-4-14(10-19-12)18(21)23-11-16-9-17(20-24-16)13-5-7-15(22-2)8-6-13;1-12-6-7-14(10-19-12)18(21)23-11-16-9-17(20-24-16)13-4-3-5-15(8-13)22-2;1-12-7-8-13(10-19-12)18(21)23-11-14-9-16(20-24-14)15-5-3-4-6-17(15)22-2;1-11-2-3-13(9-19-11)17(21)22-10-15-8-16(20-23-15)12-4-6-14(18)7-5-12/h2*2-9H,10H2,1H3;3*3-10H,11H2,1-2H3;2-9H,10H2,1H3. The highest BCUT2D eigenvalue weighted by Gasteiger charge is 2.35. The smallest absolute Gasteiger partial charge is 0.417 e. The van der Waals surface area contributed by atoms with Crippen LogP contribution in [0.1, 0.15) is 142 Å². The van der Waals surface area contributed by atoms with E-state index in [1.807, 2.05) is 100 Å². The number of carbonyl (C=O) groups excluding carboxylic acids is 6. The number of esters is 6. The average Bonchev–Trinajstić information content (AvgIpc) is 1.76. The van der Waals surface area contributed by atoms with Gasteiger partial charge in [0.15, 0.2) is 74.2 Å². The molecule has 0 unspecified atom stereocenters. The fourth-order valence-electron chi connectivity index (χ4n) is 12.7. The van der Waals surface area contributed by atoms with Gasteiger partial charge in [0.2, 0.25) is 0 Å². The summed E-state index contributed by atoms with van der Waals surface area (Å²) in [6.07, 6.45) is -0.206. The van der Waals surface area contributed by atoms with Gasteiger partial charge >= 0.3 is 48.2 Å². The van der Waals surface area contributed by atoms with Gasteiger partial charge < -0.3 is 69.8 Å². The third kappa shape index (κ3) is 31.1. The molecule has 0 N–H and O–H groups in total. The number of hydrogen-bond donors (Lipinski definition) is 0. The Hall–Kier alpha value is -18.8. The predicted molar refractivity (Wildman–Crippen MR) is 510 cm³/mol. The van der Waals surface area contributed by atoms with Crippen LogP contribution < -0.4 is 14.2 Å². The Morgan fingerprint density at radius 1 is 0.265 bits per heavy atom. The lowest BCUT2D eigenvalue weighted by Gasteiger charge is -2.10. The second-order valence-electron chi connectivity index (χ2n) is 31.4. The third-order valence-electron chi connectivity index (χ3n) is 20.6. The average molecular weight is 2010 g/mol. The number of alkyl halides is 6. The molecule has 18 rings (SSSR count). The van der Waals surface area contributed by atoms with Gasteiger partial charge in [-0.2, -0.15) is 26.3 Å². The zero-order valence-corrected chi connectivity index (χ0v) is 79.5. The minimum atomic E-state index is -4.51. The van der Waals surface area contributed by atoms with Gasteiger partial charge in [0.05, 0.1) is 65.8 Å². The Balaban J connectivity index is 0.000000147. The molecule has 0 aliphatic carbocycles. The van der Waals surface area contributed by atoms with Crippen LogP contribution in [-0.2, 0) is 80.4 Å². The fourth-order valence-corrected chi connectivity index (χ4v) is 12.7. The van der Waals surface area contributed by atoms with Gasteiger partial charge in [-0.1, -0.05) is 85.5 Å². The molecule has 0 bridgehead atoms. The van der Waals surface area contributed by atoms with Crippen LogP contribution in [0, 0.1) is 47.4 Å². The van der Waals surface area contributed by atoms with E-state index in [0.717, 1.165) is 86.1 Å². The molecule has 40 heteroatoms. The minimum Gasteiger partial charge on any atom is -0.497 e. The lowest BCUT2D eigenvalue weighted by molar-refractivity contribution is -0.138. The maximum absolute atomic E-state index is 13.1. The second kappa shape index (κ2) is 50.6. The summed E-state index contributed by atoms with van der Waals surface area (Å²) in [4.78, 5) is 95.8. The molecule has 6 aromatic carbocycles. The Bertz CT molecular complexity index is 7410. The van der Waals surface area contributed by atoms with E-state index >= 15 is 0 Å². The van der Waals surface area contributed by atoms with Gasteiger partial charge in [0.25, 0.3) is 0 Å². The van der Waals surface area contributed by atoms with E-state index in [4.69, 9.17) is 69.8 Å². The van der Waals surface area contributed by atoms with Crippen LogP contribution in [-0.4, -0.2) is 118 Å². The predicted octanol–water partition coefficient (Wildman–Crippen LogP) is 22.6. The number of aryl methyl sites for hydroxylation is 6. The molecule has 12 aromatic heterocycles. The van der Waals surface area contributed by atoms with Crippen molar-refractivity contribution < 1.29 is 129 Å². The largest absolute Gasteiger partial charge is 0.497 e. The molecule has 0 atom stereocenters. The Labute approximate surface area is 832 Å². The first kappa shape index (κ1) is 106. The van der Waals surface area contributed by atoms with Crippen molar-refractivity contribution in [3.05, 3.63) is 411 Å². The number of pyridine rings is 6. The van der Waals surface area contributed by atoms with E-state index < -0.39 is 59.3 Å². The number of nitrogens with zero attached hydrogens (tertiary/aromatic N) is 12. The van der Waals surface area contributed by atoms with Gasteiger partial charge in [0.1, 0.15) is 57.2 Å². The van der Waals surface area contributed by atoms with E-state index in [1.54, 1.807) is 144 Å². The third-order valence-corrected chi connectivity index (χ3v) is 20.6. The van der Waals surface area contributed by atoms with Gasteiger partial charge in [-0.3, -0.25) is 29.9 Å². The molecule has 147 heavy (non-hydrogen) atoms. The summed E-state index contributed by atoms with van der Waals surface area (Å²) in [6.45, 7) is 10.5. The first-order valence-corrected chi connectivity index (χ1v) is 44.1. The monoisotopic (exact) mass is 2010 g/mol. The number of hydrogen-bond acceptors (Lipinski definition) is 33. The molecule has 0 aliphatic heterocycles. The van der Waals surface area contributed by atoms with Gasteiger partial charge in [0, 0.05) is 141 Å². The van der Waals surface area contributed by atoms with Crippen LogP contribution >= 0.6 is 0 Å². The van der Waals surface area contributed by atoms with Crippen molar-refractivity contribution in [1.82, 2.24) is 60.8 Å². The molecule has 12 heterocycles. The zero-order chi connectivity index (χ0) is 105. The molecule has 0 saturated carbocycles. The van der Waals surface area contributed by atoms with Crippen molar-refractivity contribution in [2.45, 2.75) is 93.5 Å². The van der Waals surface area contributed by atoms with Crippen molar-refractivity contribution in [2.24, 2.45) is 0 Å². The van der Waals surface area contributed by atoms with E-state index in [2.05, 4.69) is 60.8 Å². The topological polar surface area (TPSA) is 419 Å². The molecular weight excluding hydrogens is 1920 g/mol. The number of halogens is 7. The number of aromatic nitrogens is 12. The normalized spacial score (nSPS) is 10.8. The van der Waals surface area contributed by atoms with E-state index in [1.165, 1.54) is 91.8 Å². The van der Waals surface area contributed by atoms with Crippen LogP contribution in [0.2, 0.25) is 0 Å². The summed E-state index contributed by atoms with van der Waals surface area (Å²) in [5.41, 5.74) is 11.9. The SMILES string of the molecule is COc1ccc(-c2cc(COC(=O)c3ccc(C)nc3)on2)cc1.COc1cccc(-c2cc(COC(=O)c3ccc(C)nc3)on2)c1.COc1ccccc1-c1cc(COC(=O)c2ccc(C)nc2)on1.Cc1ccc(C(=O)OCc2cc(-c3ccc(C(F)(F)F)cc3)no2)cn1.Cc1ccc(C(=O)OCc2cc(-c3ccc(F)cc3)no2)cn1.Cc1ccc(C(=O)OCc2cc(-c3ccccc3C(F)(F)F)no2)cn1. The van der Waals surface area contributed by atoms with Crippen molar-refractivity contribution in [2.75, 3.05) is 21.3 Å². The molecule has 0 radical (unpaired) electrons. The van der Waals surface area contributed by atoms with E-state index in [-0.39, 0.29) is 73.8 Å². The summed E-state index contributed by atoms with van der Waals surface area (Å²) in [6, 6.07) is 67.7.